The second kappa shape index (κ2) is 6.51. The Labute approximate surface area is 157 Å². The molecule has 146 valence electrons. The first kappa shape index (κ1) is 17.0. The van der Waals surface area contributed by atoms with Gasteiger partial charge in [-0.15, -0.1) is 0 Å². The molecule has 1 amide bonds. The van der Waals surface area contributed by atoms with Crippen molar-refractivity contribution in [1.29, 1.82) is 0 Å². The van der Waals surface area contributed by atoms with Gasteiger partial charge in [0.15, 0.2) is 6.61 Å². The highest BCUT2D eigenvalue weighted by Gasteiger charge is 2.51. The van der Waals surface area contributed by atoms with Crippen LogP contribution < -0.4 is 20.5 Å². The van der Waals surface area contributed by atoms with Crippen LogP contribution in [0.3, 0.4) is 0 Å². The summed E-state index contributed by atoms with van der Waals surface area (Å²) in [5.41, 5.74) is -0.612. The number of aromatic nitrogens is 2. The Balaban J connectivity index is 1.19. The lowest BCUT2D eigenvalue weighted by molar-refractivity contribution is -0.128. The van der Waals surface area contributed by atoms with Crippen molar-refractivity contribution in [2.45, 2.75) is 50.2 Å². The van der Waals surface area contributed by atoms with E-state index < -0.39 is 5.69 Å². The fourth-order valence-electron chi connectivity index (χ4n) is 5.75. The summed E-state index contributed by atoms with van der Waals surface area (Å²) in [6.07, 6.45) is 7.20. The van der Waals surface area contributed by atoms with Gasteiger partial charge in [-0.3, -0.25) is 9.78 Å². The number of rotatable bonds is 6. The monoisotopic (exact) mass is 375 g/mol. The highest BCUT2D eigenvalue weighted by atomic mass is 16.6. The minimum absolute atomic E-state index is 0.0464. The van der Waals surface area contributed by atoms with Gasteiger partial charge in [0, 0.05) is 5.54 Å². The lowest BCUT2D eigenvalue weighted by atomic mass is 9.53. The second-order valence-electron chi connectivity index (χ2n) is 8.70. The number of aromatic amines is 1. The fourth-order valence-corrected chi connectivity index (χ4v) is 5.75. The number of carbonyl (C=O) groups excluding carboxylic acids is 1. The largest absolute Gasteiger partial charge is 0.470 e. The minimum Gasteiger partial charge on any atom is -0.470 e. The summed E-state index contributed by atoms with van der Waals surface area (Å²) in [6, 6.07) is 1.50. The number of nitrogens with zero attached hydrogens (tertiary/aromatic N) is 1. The molecule has 8 heteroatoms. The molecule has 1 aromatic rings. The normalized spacial score (nSPS) is 34.1. The molecular weight excluding hydrogens is 350 g/mol. The first-order valence-electron chi connectivity index (χ1n) is 9.85. The van der Waals surface area contributed by atoms with Crippen molar-refractivity contribution in [3.05, 3.63) is 16.6 Å². The van der Waals surface area contributed by atoms with E-state index >= 15 is 0 Å². The van der Waals surface area contributed by atoms with E-state index in [1.54, 1.807) is 0 Å². The number of hydrogen-bond acceptors (Lipinski definition) is 6. The third-order valence-electron chi connectivity index (χ3n) is 6.39. The van der Waals surface area contributed by atoms with E-state index in [1.807, 2.05) is 0 Å². The summed E-state index contributed by atoms with van der Waals surface area (Å²) in [5.74, 6) is 2.52. The van der Waals surface area contributed by atoms with E-state index in [0.29, 0.717) is 13.2 Å². The van der Waals surface area contributed by atoms with Gasteiger partial charge >= 0.3 is 5.69 Å². The molecule has 0 radical (unpaired) electrons. The first-order chi connectivity index (χ1) is 13.1. The van der Waals surface area contributed by atoms with Crippen molar-refractivity contribution >= 4 is 5.91 Å². The molecule has 5 fully saturated rings. The number of carbonyl (C=O) groups is 1. The van der Waals surface area contributed by atoms with Gasteiger partial charge < -0.3 is 19.5 Å². The van der Waals surface area contributed by atoms with Crippen LogP contribution in [0.4, 0.5) is 0 Å². The van der Waals surface area contributed by atoms with E-state index in [9.17, 15) is 9.59 Å². The van der Waals surface area contributed by atoms with Crippen LogP contribution in [0.2, 0.25) is 0 Å². The molecule has 2 N–H and O–H groups in total. The zero-order valence-corrected chi connectivity index (χ0v) is 15.2. The summed E-state index contributed by atoms with van der Waals surface area (Å²) in [4.78, 5) is 30.5. The maximum absolute atomic E-state index is 12.5. The van der Waals surface area contributed by atoms with Gasteiger partial charge in [-0.25, -0.2) is 4.79 Å². The van der Waals surface area contributed by atoms with Crippen molar-refractivity contribution in [3.63, 3.8) is 0 Å². The average Bonchev–Trinajstić information content (AvgIpc) is 2.54. The van der Waals surface area contributed by atoms with Crippen LogP contribution in [-0.2, 0) is 9.53 Å². The lowest BCUT2D eigenvalue weighted by Gasteiger charge is -2.56. The number of ether oxygens (including phenoxy) is 3. The lowest BCUT2D eigenvalue weighted by Crippen LogP contribution is -2.60. The Morgan fingerprint density at radius 1 is 1.22 bits per heavy atom. The van der Waals surface area contributed by atoms with Crippen LogP contribution >= 0.6 is 0 Å². The van der Waals surface area contributed by atoms with Crippen LogP contribution in [0.25, 0.3) is 0 Å². The summed E-state index contributed by atoms with van der Waals surface area (Å²) in [7, 11) is 0. The maximum Gasteiger partial charge on any atom is 0.351 e. The van der Waals surface area contributed by atoms with Gasteiger partial charge in [0.05, 0.1) is 19.3 Å². The second-order valence-corrected chi connectivity index (χ2v) is 8.70. The molecule has 8 nitrogen and oxygen atoms in total. The maximum atomic E-state index is 12.5. The number of H-pyrrole nitrogens is 1. The molecule has 5 aliphatic rings. The van der Waals surface area contributed by atoms with Crippen LogP contribution in [-0.4, -0.2) is 47.3 Å². The summed E-state index contributed by atoms with van der Waals surface area (Å²) in [6.45, 7) is 0.839. The average molecular weight is 375 g/mol. The molecule has 27 heavy (non-hydrogen) atoms. The van der Waals surface area contributed by atoms with Crippen LogP contribution in [0.5, 0.6) is 11.8 Å². The van der Waals surface area contributed by atoms with Gasteiger partial charge in [0.1, 0.15) is 6.10 Å². The predicted octanol–water partition coefficient (Wildman–Crippen LogP) is 1.01. The van der Waals surface area contributed by atoms with Crippen LogP contribution in [0.1, 0.15) is 38.5 Å². The van der Waals surface area contributed by atoms with Gasteiger partial charge in [-0.1, -0.05) is 0 Å². The third kappa shape index (κ3) is 3.54. The van der Waals surface area contributed by atoms with E-state index in [4.69, 9.17) is 14.2 Å². The summed E-state index contributed by atoms with van der Waals surface area (Å²) < 4.78 is 16.1. The van der Waals surface area contributed by atoms with Crippen molar-refractivity contribution in [1.82, 2.24) is 15.3 Å². The van der Waals surface area contributed by atoms with Crippen molar-refractivity contribution in [3.8, 4) is 11.8 Å². The number of nitrogens with one attached hydrogen (secondary N) is 2. The SMILES string of the molecule is O=C(COc1cc(OC2COC2)[nH]c(=O)n1)NC12CC3CC(CC(C3)C1)C2. The minimum atomic E-state index is -0.566. The molecule has 2 heterocycles. The molecule has 4 aliphatic carbocycles. The molecular formula is C19H25N3O5. The zero-order chi connectivity index (χ0) is 18.4. The third-order valence-corrected chi connectivity index (χ3v) is 6.39. The Hall–Kier alpha value is -2.09. The Kier molecular flexibility index (Phi) is 4.11. The molecule has 1 aliphatic heterocycles. The molecule has 0 unspecified atom stereocenters. The highest BCUT2D eigenvalue weighted by Crippen LogP contribution is 2.55. The summed E-state index contributed by atoms with van der Waals surface area (Å²) in [5, 5.41) is 3.25. The molecule has 1 saturated heterocycles. The predicted molar refractivity (Wildman–Crippen MR) is 94.6 cm³/mol. The van der Waals surface area contributed by atoms with Crippen molar-refractivity contribution < 1.29 is 19.0 Å². The van der Waals surface area contributed by atoms with Crippen LogP contribution in [0, 0.1) is 17.8 Å². The topological polar surface area (TPSA) is 103 Å². The quantitative estimate of drug-likeness (QED) is 0.769. The zero-order valence-electron chi connectivity index (χ0n) is 15.2. The standard InChI is InChI=1S/C19H25N3O5/c23-15(22-19-5-11-1-12(6-19)3-13(2-11)7-19)10-26-16-4-17(21-18(24)20-16)27-14-8-25-9-14/h4,11-14H,1-3,5-10H2,(H,22,23)(H,20,21,24). The first-order valence-corrected chi connectivity index (χ1v) is 9.85. The van der Waals surface area contributed by atoms with Crippen molar-refractivity contribution in [2.24, 2.45) is 17.8 Å². The van der Waals surface area contributed by atoms with Gasteiger partial charge in [-0.2, -0.15) is 4.98 Å². The van der Waals surface area contributed by atoms with E-state index in [-0.39, 0.29) is 35.9 Å². The van der Waals surface area contributed by atoms with E-state index in [1.165, 1.54) is 25.3 Å². The molecule has 0 atom stereocenters. The molecule has 0 aromatic carbocycles. The molecule has 1 aromatic heterocycles. The number of amides is 1. The molecule has 0 spiro atoms. The van der Waals surface area contributed by atoms with Gasteiger partial charge in [-0.05, 0) is 56.3 Å². The van der Waals surface area contributed by atoms with Crippen LogP contribution in [0.15, 0.2) is 10.9 Å². The highest BCUT2D eigenvalue weighted by molar-refractivity contribution is 5.78. The van der Waals surface area contributed by atoms with E-state index in [0.717, 1.165) is 37.0 Å². The van der Waals surface area contributed by atoms with Gasteiger partial charge in [0.25, 0.3) is 5.91 Å². The Morgan fingerprint density at radius 3 is 2.48 bits per heavy atom. The Bertz CT molecular complexity index is 753. The molecule has 6 rings (SSSR count). The Morgan fingerprint density at radius 2 is 1.89 bits per heavy atom. The molecule has 4 bridgehead atoms. The summed E-state index contributed by atoms with van der Waals surface area (Å²) >= 11 is 0. The molecule has 4 saturated carbocycles. The fraction of sp³-hybridized carbons (Fsp3) is 0.737. The van der Waals surface area contributed by atoms with E-state index in [2.05, 4.69) is 15.3 Å². The smallest absolute Gasteiger partial charge is 0.351 e. The van der Waals surface area contributed by atoms with Gasteiger partial charge in [0.2, 0.25) is 11.8 Å². The number of hydrogen-bond donors (Lipinski definition) is 2. The van der Waals surface area contributed by atoms with Crippen molar-refractivity contribution in [2.75, 3.05) is 19.8 Å².